The monoisotopic (exact) mass is 887 g/mol. The summed E-state index contributed by atoms with van der Waals surface area (Å²) in [5, 5.41) is 0. The molecule has 0 fully saturated rings. The third kappa shape index (κ3) is 14.7. The molecular weight excluding hydrogens is 819 g/mol. The van der Waals surface area contributed by atoms with Crippen molar-refractivity contribution in [2.24, 2.45) is 0 Å². The average molecular weight is 887 g/mol. The molecule has 0 aliphatic heterocycles. The summed E-state index contributed by atoms with van der Waals surface area (Å²) in [4.78, 5) is 0. The minimum atomic E-state index is -0.171. The van der Waals surface area contributed by atoms with Gasteiger partial charge in [0.1, 0.15) is 11.6 Å². The molecule has 8 aromatic carbocycles. The van der Waals surface area contributed by atoms with Crippen molar-refractivity contribution in [3.63, 3.8) is 0 Å². The first-order valence-corrected chi connectivity index (χ1v) is 24.4. The van der Waals surface area contributed by atoms with E-state index in [0.717, 1.165) is 78.3 Å². The van der Waals surface area contributed by atoms with Crippen molar-refractivity contribution >= 4 is 0 Å². The first-order chi connectivity index (χ1) is 32.7. The highest BCUT2D eigenvalue weighted by atomic mass is 19.1. The predicted octanol–water partition coefficient (Wildman–Crippen LogP) is 18.9. The van der Waals surface area contributed by atoms with Crippen LogP contribution in [0.1, 0.15) is 93.7 Å². The highest BCUT2D eigenvalue weighted by Crippen LogP contribution is 2.31. The molecule has 67 heavy (non-hydrogen) atoms. The summed E-state index contributed by atoms with van der Waals surface area (Å²) < 4.78 is 29.3. The van der Waals surface area contributed by atoms with Gasteiger partial charge in [0, 0.05) is 11.1 Å². The lowest BCUT2D eigenvalue weighted by Gasteiger charge is -2.09. The molecule has 0 nitrogen and oxygen atoms in total. The van der Waals surface area contributed by atoms with Gasteiger partial charge in [-0.15, -0.1) is 0 Å². The van der Waals surface area contributed by atoms with E-state index in [1.165, 1.54) is 57.3 Å². The van der Waals surface area contributed by atoms with Crippen LogP contribution >= 0.6 is 0 Å². The molecule has 0 unspecified atom stereocenters. The Morgan fingerprint density at radius 1 is 0.358 bits per heavy atom. The Kier molecular flexibility index (Phi) is 19.2. The van der Waals surface area contributed by atoms with Crippen molar-refractivity contribution in [2.75, 3.05) is 0 Å². The normalized spacial score (nSPS) is 10.9. The molecular formula is C65H68F2. The number of halogens is 2. The fourth-order valence-electron chi connectivity index (χ4n) is 8.12. The molecule has 0 spiro atoms. The van der Waals surface area contributed by atoms with E-state index in [4.69, 9.17) is 0 Å². The molecule has 342 valence electrons. The van der Waals surface area contributed by atoms with Gasteiger partial charge in [0.25, 0.3) is 0 Å². The highest BCUT2D eigenvalue weighted by Gasteiger charge is 2.10. The number of hydrogen-bond donors (Lipinski definition) is 0. The zero-order chi connectivity index (χ0) is 47.4. The fourth-order valence-corrected chi connectivity index (χ4v) is 8.12. The van der Waals surface area contributed by atoms with Gasteiger partial charge in [-0.1, -0.05) is 228 Å². The van der Waals surface area contributed by atoms with E-state index in [0.29, 0.717) is 11.1 Å². The molecule has 0 aliphatic rings. The molecule has 0 aliphatic carbocycles. The minimum absolute atomic E-state index is 0.168. The molecule has 0 heterocycles. The molecule has 8 aromatic rings. The molecule has 0 atom stereocenters. The van der Waals surface area contributed by atoms with Crippen molar-refractivity contribution in [1.82, 2.24) is 0 Å². The van der Waals surface area contributed by atoms with Gasteiger partial charge in [-0.25, -0.2) is 8.78 Å². The third-order valence-corrected chi connectivity index (χ3v) is 12.4. The predicted molar refractivity (Wildman–Crippen MR) is 286 cm³/mol. The average Bonchev–Trinajstić information content (AvgIpc) is 3.37. The zero-order valence-corrected chi connectivity index (χ0v) is 40.6. The second-order valence-electron chi connectivity index (χ2n) is 17.4. The van der Waals surface area contributed by atoms with Crippen LogP contribution in [0, 0.1) is 18.6 Å². The minimum Gasteiger partial charge on any atom is -0.206 e. The topological polar surface area (TPSA) is 0 Å². The Bertz CT molecular complexity index is 2720. The summed E-state index contributed by atoms with van der Waals surface area (Å²) in [5.41, 5.74) is 17.6. The Morgan fingerprint density at radius 2 is 0.701 bits per heavy atom. The Balaban J connectivity index is 0.000000168. The van der Waals surface area contributed by atoms with Crippen LogP contribution in [0.5, 0.6) is 0 Å². The van der Waals surface area contributed by atoms with Crippen LogP contribution in [0.15, 0.2) is 194 Å². The van der Waals surface area contributed by atoms with Crippen molar-refractivity contribution in [1.29, 1.82) is 0 Å². The van der Waals surface area contributed by atoms with Gasteiger partial charge in [-0.3, -0.25) is 0 Å². The van der Waals surface area contributed by atoms with Crippen LogP contribution in [0.2, 0.25) is 0 Å². The van der Waals surface area contributed by atoms with E-state index in [2.05, 4.69) is 175 Å². The summed E-state index contributed by atoms with van der Waals surface area (Å²) in [6.07, 6.45) is 14.3. The summed E-state index contributed by atoms with van der Waals surface area (Å²) in [7, 11) is 0. The highest BCUT2D eigenvalue weighted by molar-refractivity contribution is 5.73. The van der Waals surface area contributed by atoms with Crippen LogP contribution in [-0.4, -0.2) is 0 Å². The number of rotatable bonds is 15. The van der Waals surface area contributed by atoms with E-state index < -0.39 is 0 Å². The maximum Gasteiger partial charge on any atom is 0.131 e. The maximum atomic E-state index is 14.7. The first kappa shape index (κ1) is 49.8. The molecule has 0 N–H and O–H groups in total. The van der Waals surface area contributed by atoms with Gasteiger partial charge in [0.15, 0.2) is 0 Å². The van der Waals surface area contributed by atoms with Gasteiger partial charge in [0.2, 0.25) is 0 Å². The molecule has 0 radical (unpaired) electrons. The summed E-state index contributed by atoms with van der Waals surface area (Å²) in [5.74, 6) is -0.339. The molecule has 0 saturated carbocycles. The van der Waals surface area contributed by atoms with Crippen LogP contribution in [0.25, 0.3) is 55.6 Å². The third-order valence-electron chi connectivity index (χ3n) is 12.4. The summed E-state index contributed by atoms with van der Waals surface area (Å²) >= 11 is 0. The van der Waals surface area contributed by atoms with Gasteiger partial charge in [-0.05, 0) is 143 Å². The SMILES string of the molecule is C/C=C/CCc1ccc(-c2ccc(C)cc2)cc1.CCCCc1ccc(-c2ccc(-c3ccc(CC)cc3)cc2F)cc1.CCCc1ccc(-c2ccc(-c3ccc(CC)cc3)cc2F)cc1. The quantitative estimate of drug-likeness (QED) is 0.0900. The lowest BCUT2D eigenvalue weighted by atomic mass is 9.97. The van der Waals surface area contributed by atoms with Crippen LogP contribution in [0.3, 0.4) is 0 Å². The van der Waals surface area contributed by atoms with Gasteiger partial charge < -0.3 is 0 Å². The molecule has 0 amide bonds. The Hall–Kier alpha value is -6.64. The number of hydrogen-bond acceptors (Lipinski definition) is 0. The first-order valence-electron chi connectivity index (χ1n) is 24.4. The molecule has 8 rings (SSSR count). The lowest BCUT2D eigenvalue weighted by molar-refractivity contribution is 0.631. The Labute approximate surface area is 401 Å². The van der Waals surface area contributed by atoms with E-state index in [1.807, 2.05) is 48.5 Å². The van der Waals surface area contributed by atoms with Gasteiger partial charge >= 0.3 is 0 Å². The summed E-state index contributed by atoms with van der Waals surface area (Å²) in [6.45, 7) is 12.8. The number of benzene rings is 8. The Morgan fingerprint density at radius 3 is 1.07 bits per heavy atom. The largest absolute Gasteiger partial charge is 0.206 e. The van der Waals surface area contributed by atoms with Crippen LogP contribution in [0.4, 0.5) is 8.78 Å². The van der Waals surface area contributed by atoms with Crippen molar-refractivity contribution in [3.05, 3.63) is 239 Å². The van der Waals surface area contributed by atoms with Gasteiger partial charge in [0.05, 0.1) is 0 Å². The zero-order valence-electron chi connectivity index (χ0n) is 40.6. The van der Waals surface area contributed by atoms with E-state index in [-0.39, 0.29) is 11.6 Å². The molecule has 0 aromatic heterocycles. The van der Waals surface area contributed by atoms with Crippen molar-refractivity contribution in [3.8, 4) is 55.6 Å². The lowest BCUT2D eigenvalue weighted by Crippen LogP contribution is -1.89. The van der Waals surface area contributed by atoms with E-state index in [1.54, 1.807) is 12.1 Å². The molecule has 0 bridgehead atoms. The molecule has 2 heteroatoms. The van der Waals surface area contributed by atoms with E-state index >= 15 is 0 Å². The molecule has 0 saturated heterocycles. The van der Waals surface area contributed by atoms with Crippen molar-refractivity contribution in [2.45, 2.75) is 99.3 Å². The van der Waals surface area contributed by atoms with E-state index in [9.17, 15) is 8.78 Å². The van der Waals surface area contributed by atoms with Crippen LogP contribution in [-0.2, 0) is 32.1 Å². The fraction of sp³-hybridized carbons (Fsp3) is 0.231. The number of unbranched alkanes of at least 4 members (excludes halogenated alkanes) is 1. The summed E-state index contributed by atoms with van der Waals surface area (Å²) in [6, 6.07) is 61.8. The van der Waals surface area contributed by atoms with Crippen molar-refractivity contribution < 1.29 is 8.78 Å². The van der Waals surface area contributed by atoms with Gasteiger partial charge in [-0.2, -0.15) is 0 Å². The standard InChI is InChI=1S/C24H25F.C23H23F.C18H20/c1-3-5-6-19-9-13-21(14-10-19)23-16-15-22(17-24(23)25)20-11-7-18(4-2)8-12-20;1-3-5-18-8-12-20(13-9-18)22-15-14-21(16-23(22)24)19-10-6-17(4-2)7-11-19;1-3-4-5-6-16-9-13-18(14-10-16)17-11-7-15(2)8-12-17/h7-17H,3-6H2,1-2H3;6-16H,3-5H2,1-2H3;3-4,7-14H,5-6H2,1-2H3/b;;4-3+. The number of allylic oxidation sites excluding steroid dienone is 2. The number of aryl methyl sites for hydroxylation is 6. The maximum absolute atomic E-state index is 14.7. The smallest absolute Gasteiger partial charge is 0.131 e. The second-order valence-corrected chi connectivity index (χ2v) is 17.4. The van der Waals surface area contributed by atoms with Crippen LogP contribution < -0.4 is 0 Å². The second kappa shape index (κ2) is 25.9.